The Morgan fingerprint density at radius 1 is 1.56 bits per heavy atom. The van der Waals surface area contributed by atoms with Crippen molar-refractivity contribution in [1.82, 2.24) is 15.1 Å². The summed E-state index contributed by atoms with van der Waals surface area (Å²) in [5, 5.41) is 6.82. The molecular formula is C12H13ClN4O. The lowest BCUT2D eigenvalue weighted by atomic mass is 10.1. The molecule has 0 unspecified atom stereocenters. The average Bonchev–Trinajstić information content (AvgIpc) is 2.84. The highest BCUT2D eigenvalue weighted by Gasteiger charge is 2.16. The lowest BCUT2D eigenvalue weighted by Crippen LogP contribution is -2.26. The summed E-state index contributed by atoms with van der Waals surface area (Å²) in [7, 11) is 1.70. The molecule has 0 fully saturated rings. The van der Waals surface area contributed by atoms with Crippen LogP contribution in [-0.4, -0.2) is 28.1 Å². The SMILES string of the molecule is CN(Cc1cn[nH]c1)C(=O)c1cccc(N)c1Cl. The van der Waals surface area contributed by atoms with Crippen LogP contribution in [0.4, 0.5) is 5.69 Å². The summed E-state index contributed by atoms with van der Waals surface area (Å²) in [6.07, 6.45) is 3.41. The Kier molecular flexibility index (Phi) is 3.53. The Bertz CT molecular complexity index is 553. The van der Waals surface area contributed by atoms with Crippen LogP contribution < -0.4 is 5.73 Å². The molecule has 0 saturated carbocycles. The number of anilines is 1. The van der Waals surface area contributed by atoms with E-state index in [-0.39, 0.29) is 5.91 Å². The van der Waals surface area contributed by atoms with E-state index in [2.05, 4.69) is 10.2 Å². The van der Waals surface area contributed by atoms with Gasteiger partial charge in [0.1, 0.15) is 0 Å². The van der Waals surface area contributed by atoms with Crippen LogP contribution in [0.25, 0.3) is 0 Å². The molecular weight excluding hydrogens is 252 g/mol. The van der Waals surface area contributed by atoms with Crippen LogP contribution in [0.1, 0.15) is 15.9 Å². The quantitative estimate of drug-likeness (QED) is 0.832. The van der Waals surface area contributed by atoms with Crippen LogP contribution >= 0.6 is 11.6 Å². The summed E-state index contributed by atoms with van der Waals surface area (Å²) in [4.78, 5) is 13.8. The van der Waals surface area contributed by atoms with Gasteiger partial charge in [0.05, 0.1) is 22.5 Å². The van der Waals surface area contributed by atoms with Crippen LogP contribution in [0.3, 0.4) is 0 Å². The highest BCUT2D eigenvalue weighted by Crippen LogP contribution is 2.24. The highest BCUT2D eigenvalue weighted by atomic mass is 35.5. The number of rotatable bonds is 3. The Hall–Kier alpha value is -2.01. The third-order valence-corrected chi connectivity index (χ3v) is 3.00. The number of halogens is 1. The molecule has 0 atom stereocenters. The number of nitrogens with zero attached hydrogens (tertiary/aromatic N) is 2. The van der Waals surface area contributed by atoms with Gasteiger partial charge in [-0.1, -0.05) is 17.7 Å². The molecule has 2 rings (SSSR count). The van der Waals surface area contributed by atoms with Crippen LogP contribution in [0.2, 0.25) is 5.02 Å². The van der Waals surface area contributed by atoms with Crippen LogP contribution in [0, 0.1) is 0 Å². The predicted octanol–water partition coefficient (Wildman–Crippen LogP) is 1.92. The first kappa shape index (κ1) is 12.4. The average molecular weight is 265 g/mol. The summed E-state index contributed by atoms with van der Waals surface area (Å²) >= 11 is 6.02. The lowest BCUT2D eigenvalue weighted by molar-refractivity contribution is 0.0785. The van der Waals surface area contributed by atoms with E-state index in [1.807, 2.05) is 0 Å². The number of H-pyrrole nitrogens is 1. The van der Waals surface area contributed by atoms with Gasteiger partial charge in [-0.2, -0.15) is 5.10 Å². The fourth-order valence-corrected chi connectivity index (χ4v) is 1.84. The van der Waals surface area contributed by atoms with Crippen molar-refractivity contribution in [1.29, 1.82) is 0 Å². The summed E-state index contributed by atoms with van der Waals surface area (Å²) < 4.78 is 0. The third kappa shape index (κ3) is 2.46. The first-order valence-electron chi connectivity index (χ1n) is 5.36. The van der Waals surface area contributed by atoms with E-state index in [1.165, 1.54) is 0 Å². The van der Waals surface area contributed by atoms with Gasteiger partial charge >= 0.3 is 0 Å². The molecule has 0 bridgehead atoms. The summed E-state index contributed by atoms with van der Waals surface area (Å²) in [6, 6.07) is 5.03. The number of nitrogens with two attached hydrogens (primary N) is 1. The van der Waals surface area contributed by atoms with E-state index in [0.717, 1.165) is 5.56 Å². The summed E-state index contributed by atoms with van der Waals surface area (Å²) in [6.45, 7) is 0.459. The molecule has 94 valence electrons. The maximum atomic E-state index is 12.2. The van der Waals surface area contributed by atoms with Gasteiger partial charge in [0.2, 0.25) is 0 Å². The van der Waals surface area contributed by atoms with Gasteiger partial charge in [-0.25, -0.2) is 0 Å². The molecule has 1 amide bonds. The number of carbonyl (C=O) groups excluding carboxylic acids is 1. The molecule has 0 radical (unpaired) electrons. The predicted molar refractivity (Wildman–Crippen MR) is 70.2 cm³/mol. The number of carbonyl (C=O) groups is 1. The first-order valence-corrected chi connectivity index (χ1v) is 5.74. The van der Waals surface area contributed by atoms with E-state index in [1.54, 1.807) is 42.5 Å². The van der Waals surface area contributed by atoms with E-state index >= 15 is 0 Å². The fourth-order valence-electron chi connectivity index (χ4n) is 1.63. The summed E-state index contributed by atoms with van der Waals surface area (Å²) in [5.41, 5.74) is 7.41. The minimum atomic E-state index is -0.173. The normalized spacial score (nSPS) is 10.3. The highest BCUT2D eigenvalue weighted by molar-refractivity contribution is 6.36. The smallest absolute Gasteiger partial charge is 0.255 e. The second-order valence-corrected chi connectivity index (χ2v) is 4.35. The molecule has 0 spiro atoms. The fraction of sp³-hybridized carbons (Fsp3) is 0.167. The van der Waals surface area contributed by atoms with Gasteiger partial charge in [-0.05, 0) is 12.1 Å². The minimum Gasteiger partial charge on any atom is -0.398 e. The zero-order valence-corrected chi connectivity index (χ0v) is 10.6. The summed E-state index contributed by atoms with van der Waals surface area (Å²) in [5.74, 6) is -0.173. The lowest BCUT2D eigenvalue weighted by Gasteiger charge is -2.17. The number of nitrogen functional groups attached to an aromatic ring is 1. The van der Waals surface area contributed by atoms with Crippen LogP contribution in [-0.2, 0) is 6.54 Å². The first-order chi connectivity index (χ1) is 8.59. The standard InChI is InChI=1S/C12H13ClN4O/c1-17(7-8-5-15-16-6-8)12(18)9-3-2-4-10(14)11(9)13/h2-6H,7,14H2,1H3,(H,15,16). The zero-order valence-electron chi connectivity index (χ0n) is 9.85. The van der Waals surface area contributed by atoms with Crippen molar-refractivity contribution >= 4 is 23.2 Å². The largest absolute Gasteiger partial charge is 0.398 e. The number of nitrogens with one attached hydrogen (secondary N) is 1. The van der Waals surface area contributed by atoms with Crippen LogP contribution in [0.5, 0.6) is 0 Å². The van der Waals surface area contributed by atoms with Gasteiger partial charge in [0, 0.05) is 25.4 Å². The molecule has 5 nitrogen and oxygen atoms in total. The second-order valence-electron chi connectivity index (χ2n) is 3.98. The van der Waals surface area contributed by atoms with Crippen molar-refractivity contribution in [3.8, 4) is 0 Å². The molecule has 1 aromatic heterocycles. The van der Waals surface area contributed by atoms with Crippen molar-refractivity contribution in [3.63, 3.8) is 0 Å². The molecule has 0 saturated heterocycles. The van der Waals surface area contributed by atoms with Gasteiger partial charge in [-0.15, -0.1) is 0 Å². The van der Waals surface area contributed by atoms with E-state index in [4.69, 9.17) is 17.3 Å². The van der Waals surface area contributed by atoms with E-state index in [9.17, 15) is 4.79 Å². The Morgan fingerprint density at radius 3 is 3.00 bits per heavy atom. The maximum Gasteiger partial charge on any atom is 0.255 e. The van der Waals surface area contributed by atoms with Crippen molar-refractivity contribution < 1.29 is 4.79 Å². The molecule has 2 aromatic rings. The van der Waals surface area contributed by atoms with Gasteiger partial charge in [-0.3, -0.25) is 9.89 Å². The van der Waals surface area contributed by atoms with Crippen LogP contribution in [0.15, 0.2) is 30.6 Å². The number of hydrogen-bond donors (Lipinski definition) is 2. The Balaban J connectivity index is 2.18. The molecule has 18 heavy (non-hydrogen) atoms. The molecule has 0 aliphatic carbocycles. The Morgan fingerprint density at radius 2 is 2.33 bits per heavy atom. The molecule has 6 heteroatoms. The van der Waals surface area contributed by atoms with Crippen molar-refractivity contribution in [2.24, 2.45) is 0 Å². The third-order valence-electron chi connectivity index (χ3n) is 2.58. The number of aromatic amines is 1. The van der Waals surface area contributed by atoms with Crippen molar-refractivity contribution in [2.45, 2.75) is 6.54 Å². The molecule has 3 N–H and O–H groups in total. The minimum absolute atomic E-state index is 0.173. The number of benzene rings is 1. The van der Waals surface area contributed by atoms with Gasteiger partial charge < -0.3 is 10.6 Å². The van der Waals surface area contributed by atoms with E-state index in [0.29, 0.717) is 22.8 Å². The van der Waals surface area contributed by atoms with E-state index < -0.39 is 0 Å². The number of amides is 1. The zero-order chi connectivity index (χ0) is 13.1. The molecule has 0 aliphatic heterocycles. The monoisotopic (exact) mass is 264 g/mol. The molecule has 1 aromatic carbocycles. The van der Waals surface area contributed by atoms with Gasteiger partial charge in [0.25, 0.3) is 5.91 Å². The number of aromatic nitrogens is 2. The molecule has 0 aliphatic rings. The van der Waals surface area contributed by atoms with Crippen molar-refractivity contribution in [3.05, 3.63) is 46.7 Å². The maximum absolute atomic E-state index is 12.2. The van der Waals surface area contributed by atoms with Gasteiger partial charge in [0.15, 0.2) is 0 Å². The number of hydrogen-bond acceptors (Lipinski definition) is 3. The topological polar surface area (TPSA) is 75.0 Å². The van der Waals surface area contributed by atoms with Crippen molar-refractivity contribution in [2.75, 3.05) is 12.8 Å². The Labute approximate surface area is 110 Å². The second kappa shape index (κ2) is 5.10. The molecule has 1 heterocycles.